The molecule has 0 atom stereocenters. The van der Waals surface area contributed by atoms with Crippen molar-refractivity contribution in [1.82, 2.24) is 5.23 Å². The number of benzene rings is 1. The summed E-state index contributed by atoms with van der Waals surface area (Å²) in [5.41, 5.74) is 0.970. The number of ether oxygens (including phenoxy) is 1. The molecule has 6 nitrogen and oxygen atoms in total. The van der Waals surface area contributed by atoms with Crippen LogP contribution in [0, 0.1) is 0 Å². The van der Waals surface area contributed by atoms with Gasteiger partial charge in [0.1, 0.15) is 5.75 Å². The Morgan fingerprint density at radius 1 is 1.38 bits per heavy atom. The number of carboxylic acids is 1. The lowest BCUT2D eigenvalue weighted by atomic mass is 10.1. The van der Waals surface area contributed by atoms with Crippen LogP contribution in [0.15, 0.2) is 27.8 Å². The third-order valence-corrected chi connectivity index (χ3v) is 4.64. The van der Waals surface area contributed by atoms with E-state index in [2.05, 4.69) is 15.9 Å². The van der Waals surface area contributed by atoms with E-state index in [0.717, 1.165) is 35.0 Å². The van der Waals surface area contributed by atoms with E-state index in [4.69, 9.17) is 19.0 Å². The number of unbranched alkanes of at least 4 members (excludes halogenated alkanes) is 3. The Morgan fingerprint density at radius 3 is 2.88 bits per heavy atom. The fourth-order valence-corrected chi connectivity index (χ4v) is 3.11. The second kappa shape index (κ2) is 9.93. The van der Waals surface area contributed by atoms with Crippen molar-refractivity contribution in [3.63, 3.8) is 0 Å². The highest BCUT2D eigenvalue weighted by Crippen LogP contribution is 2.33. The Hall–Kier alpha value is -1.22. The Labute approximate surface area is 154 Å². The molecule has 1 aliphatic rings. The van der Waals surface area contributed by atoms with Crippen LogP contribution in [0.4, 0.5) is 0 Å². The molecule has 132 valence electrons. The fraction of sp³-hybridized carbons (Fsp3) is 0.438. The monoisotopic (exact) mass is 417 g/mol. The molecule has 8 heteroatoms. The predicted molar refractivity (Wildman–Crippen MR) is 95.9 cm³/mol. The molecule has 0 unspecified atom stereocenters. The molecule has 1 saturated heterocycles. The van der Waals surface area contributed by atoms with Crippen molar-refractivity contribution in [1.29, 1.82) is 0 Å². The summed E-state index contributed by atoms with van der Waals surface area (Å²) in [5.74, 6) is 0.0434. The Morgan fingerprint density at radius 2 is 2.17 bits per heavy atom. The Kier molecular flexibility index (Phi) is 7.90. The third-order valence-electron chi connectivity index (χ3n) is 3.36. The molecule has 0 amide bonds. The van der Waals surface area contributed by atoms with E-state index >= 15 is 0 Å². The van der Waals surface area contributed by atoms with Crippen LogP contribution in [0.1, 0.15) is 37.7 Å². The van der Waals surface area contributed by atoms with Gasteiger partial charge in [-0.05, 0) is 35.8 Å². The van der Waals surface area contributed by atoms with Gasteiger partial charge in [-0.15, -0.1) is 0 Å². The minimum Gasteiger partial charge on any atom is -0.497 e. The summed E-state index contributed by atoms with van der Waals surface area (Å²) in [6, 6.07) is 5.71. The van der Waals surface area contributed by atoms with Crippen molar-refractivity contribution in [3.8, 4) is 5.75 Å². The molecule has 0 bridgehead atoms. The summed E-state index contributed by atoms with van der Waals surface area (Å²) in [7, 11) is 1.63. The maximum atomic E-state index is 10.4. The average Bonchev–Trinajstić information content (AvgIpc) is 3.00. The molecular weight excluding hydrogens is 398 g/mol. The lowest BCUT2D eigenvalue weighted by Crippen LogP contribution is -2.16. The highest BCUT2D eigenvalue weighted by molar-refractivity contribution is 9.10. The SMILES string of the molecule is COc1ccc(C=C2ON(CCCCCCC(=O)O)OS2)c(Br)c1. The number of carbonyl (C=O) groups is 1. The van der Waals surface area contributed by atoms with Crippen molar-refractivity contribution in [3.05, 3.63) is 33.3 Å². The largest absolute Gasteiger partial charge is 0.497 e. The molecule has 0 spiro atoms. The molecule has 1 aliphatic heterocycles. The van der Waals surface area contributed by atoms with Crippen molar-refractivity contribution in [2.24, 2.45) is 0 Å². The van der Waals surface area contributed by atoms with E-state index in [1.807, 2.05) is 24.3 Å². The number of hydroxylamine groups is 2. The van der Waals surface area contributed by atoms with Gasteiger partial charge < -0.3 is 14.7 Å². The summed E-state index contributed by atoms with van der Waals surface area (Å²) >= 11 is 4.67. The van der Waals surface area contributed by atoms with Crippen molar-refractivity contribution in [2.45, 2.75) is 32.1 Å². The van der Waals surface area contributed by atoms with Crippen LogP contribution in [0.25, 0.3) is 6.08 Å². The molecule has 1 aromatic carbocycles. The van der Waals surface area contributed by atoms with Gasteiger partial charge in [-0.2, -0.15) is 4.28 Å². The van der Waals surface area contributed by atoms with E-state index < -0.39 is 5.97 Å². The summed E-state index contributed by atoms with van der Waals surface area (Å²) < 4.78 is 11.5. The molecule has 1 heterocycles. The Balaban J connectivity index is 1.73. The topological polar surface area (TPSA) is 68.2 Å². The van der Waals surface area contributed by atoms with Gasteiger partial charge in [0.05, 0.1) is 25.7 Å². The maximum absolute atomic E-state index is 10.4. The van der Waals surface area contributed by atoms with E-state index in [1.165, 1.54) is 17.3 Å². The molecular formula is C16H20BrNO5S. The highest BCUT2D eigenvalue weighted by Gasteiger charge is 2.21. The van der Waals surface area contributed by atoms with Gasteiger partial charge in [-0.3, -0.25) is 4.79 Å². The molecule has 2 rings (SSSR count). The van der Waals surface area contributed by atoms with Crippen LogP contribution >= 0.6 is 28.0 Å². The lowest BCUT2D eigenvalue weighted by Gasteiger charge is -2.10. The van der Waals surface area contributed by atoms with Crippen LogP contribution in [-0.4, -0.2) is 30.0 Å². The first-order chi connectivity index (χ1) is 11.6. The number of aliphatic carboxylic acids is 1. The van der Waals surface area contributed by atoms with Crippen LogP contribution in [0.3, 0.4) is 0 Å². The maximum Gasteiger partial charge on any atom is 0.303 e. The van der Waals surface area contributed by atoms with Gasteiger partial charge >= 0.3 is 5.97 Å². The average molecular weight is 418 g/mol. The second-order valence-corrected chi connectivity index (χ2v) is 6.79. The van der Waals surface area contributed by atoms with Gasteiger partial charge in [-0.1, -0.05) is 34.8 Å². The smallest absolute Gasteiger partial charge is 0.303 e. The zero-order chi connectivity index (χ0) is 17.4. The van der Waals surface area contributed by atoms with E-state index in [1.54, 1.807) is 7.11 Å². The first kappa shape index (κ1) is 19.1. The molecule has 0 aliphatic carbocycles. The number of halogens is 1. The van der Waals surface area contributed by atoms with E-state index in [0.29, 0.717) is 18.1 Å². The van der Waals surface area contributed by atoms with Crippen molar-refractivity contribution in [2.75, 3.05) is 13.7 Å². The van der Waals surface area contributed by atoms with Crippen LogP contribution in [0.5, 0.6) is 5.75 Å². The van der Waals surface area contributed by atoms with E-state index in [9.17, 15) is 4.79 Å². The lowest BCUT2D eigenvalue weighted by molar-refractivity contribution is -0.259. The van der Waals surface area contributed by atoms with Gasteiger partial charge in [0, 0.05) is 17.0 Å². The number of hydrogen-bond acceptors (Lipinski definition) is 6. The first-order valence-electron chi connectivity index (χ1n) is 7.65. The second-order valence-electron chi connectivity index (χ2n) is 5.21. The number of rotatable bonds is 9. The molecule has 1 N–H and O–H groups in total. The van der Waals surface area contributed by atoms with Crippen molar-refractivity contribution >= 4 is 40.0 Å². The molecule has 1 fully saturated rings. The summed E-state index contributed by atoms with van der Waals surface area (Å²) in [4.78, 5) is 16.0. The van der Waals surface area contributed by atoms with Gasteiger partial charge in [-0.25, -0.2) is 0 Å². The normalized spacial score (nSPS) is 16.3. The molecule has 0 aromatic heterocycles. The zero-order valence-electron chi connectivity index (χ0n) is 13.4. The van der Waals surface area contributed by atoms with Crippen LogP contribution in [0.2, 0.25) is 0 Å². The van der Waals surface area contributed by atoms with Gasteiger partial charge in [0.2, 0.25) is 5.09 Å². The number of hydrogen-bond donors (Lipinski definition) is 1. The van der Waals surface area contributed by atoms with Crippen LogP contribution in [-0.2, 0) is 13.9 Å². The van der Waals surface area contributed by atoms with Gasteiger partial charge in [0.15, 0.2) is 0 Å². The van der Waals surface area contributed by atoms with E-state index in [-0.39, 0.29) is 6.42 Å². The number of carboxylic acid groups (broad SMARTS) is 1. The summed E-state index contributed by atoms with van der Waals surface area (Å²) in [5, 5.41) is 10.7. The molecule has 0 radical (unpaired) electrons. The van der Waals surface area contributed by atoms with Gasteiger partial charge in [0.25, 0.3) is 0 Å². The molecule has 1 aromatic rings. The standard InChI is InChI=1S/C16H20BrNO5S/c1-21-13-8-7-12(14(17)11-13)10-16-22-18(23-24-16)9-5-3-2-4-6-15(19)20/h7-8,10-11H,2-6,9H2,1H3,(H,19,20). The number of nitrogens with zero attached hydrogens (tertiary/aromatic N) is 1. The first-order valence-corrected chi connectivity index (χ1v) is 9.19. The van der Waals surface area contributed by atoms with Crippen molar-refractivity contribution < 1.29 is 23.8 Å². The predicted octanol–water partition coefficient (Wildman–Crippen LogP) is 4.62. The van der Waals surface area contributed by atoms with Crippen LogP contribution < -0.4 is 4.74 Å². The minimum atomic E-state index is -0.739. The zero-order valence-corrected chi connectivity index (χ0v) is 15.8. The molecule has 0 saturated carbocycles. The summed E-state index contributed by atoms with van der Waals surface area (Å²) in [6.07, 6.45) is 5.57. The Bertz CT molecular complexity index is 596. The third kappa shape index (κ3) is 6.35. The summed E-state index contributed by atoms with van der Waals surface area (Å²) in [6.45, 7) is 0.640. The fourth-order valence-electron chi connectivity index (χ4n) is 2.09. The minimum absolute atomic E-state index is 0.232. The number of methoxy groups -OCH3 is 1. The quantitative estimate of drug-likeness (QED) is 0.464. The highest BCUT2D eigenvalue weighted by atomic mass is 79.9. The molecule has 24 heavy (non-hydrogen) atoms.